The van der Waals surface area contributed by atoms with E-state index in [9.17, 15) is 9.59 Å². The molecule has 0 saturated heterocycles. The first-order chi connectivity index (χ1) is 11.6. The van der Waals surface area contributed by atoms with Crippen molar-refractivity contribution in [3.63, 3.8) is 0 Å². The maximum atomic E-state index is 12.3. The Morgan fingerprint density at radius 1 is 1.33 bits per heavy atom. The molecule has 0 bridgehead atoms. The van der Waals surface area contributed by atoms with Gasteiger partial charge in [0.05, 0.1) is 19.5 Å². The summed E-state index contributed by atoms with van der Waals surface area (Å²) in [5, 5.41) is 2.66. The lowest BCUT2D eigenvalue weighted by Gasteiger charge is -2.18. The number of carbonyl (C=O) groups is 2. The summed E-state index contributed by atoms with van der Waals surface area (Å²) >= 11 is 0. The minimum atomic E-state index is -0.800. The maximum Gasteiger partial charge on any atom is 0.328 e. The Balaban J connectivity index is 1.89. The highest BCUT2D eigenvalue weighted by atomic mass is 16.5. The molecule has 128 valence electrons. The molecule has 4 N–H and O–H groups in total. The normalized spacial score (nSPS) is 13.1. The predicted octanol–water partition coefficient (Wildman–Crippen LogP) is 0.570. The molecule has 2 rings (SSSR count). The molecule has 1 aromatic heterocycles. The van der Waals surface area contributed by atoms with Crippen molar-refractivity contribution in [1.82, 2.24) is 15.3 Å². The second-order valence-corrected chi connectivity index (χ2v) is 5.50. The summed E-state index contributed by atoms with van der Waals surface area (Å²) in [7, 11) is 1.28. The van der Waals surface area contributed by atoms with E-state index in [4.69, 9.17) is 10.5 Å². The van der Waals surface area contributed by atoms with Gasteiger partial charge in [-0.1, -0.05) is 30.3 Å². The number of nitrogens with one attached hydrogen (secondary N) is 2. The Bertz CT molecular complexity index is 643. The molecular weight excluding hydrogens is 308 g/mol. The fraction of sp³-hybridized carbons (Fsp3) is 0.353. The number of hydrogen-bond donors (Lipinski definition) is 3. The molecule has 0 aliphatic carbocycles. The summed E-state index contributed by atoms with van der Waals surface area (Å²) in [5.74, 6) is -0.894. The zero-order valence-corrected chi connectivity index (χ0v) is 13.6. The van der Waals surface area contributed by atoms with Crippen LogP contribution in [0, 0.1) is 0 Å². The number of aryl methyl sites for hydroxylation is 1. The first-order valence-corrected chi connectivity index (χ1v) is 7.75. The molecule has 0 unspecified atom stereocenters. The van der Waals surface area contributed by atoms with Crippen LogP contribution in [0.1, 0.15) is 17.7 Å². The van der Waals surface area contributed by atoms with Gasteiger partial charge in [0.15, 0.2) is 0 Å². The number of methoxy groups -OCH3 is 1. The van der Waals surface area contributed by atoms with Crippen LogP contribution < -0.4 is 11.1 Å². The summed E-state index contributed by atoms with van der Waals surface area (Å²) in [4.78, 5) is 30.9. The number of aromatic nitrogens is 2. The van der Waals surface area contributed by atoms with Crippen LogP contribution in [0.5, 0.6) is 0 Å². The average Bonchev–Trinajstić information content (AvgIpc) is 3.12. The quantitative estimate of drug-likeness (QED) is 0.613. The molecule has 0 radical (unpaired) electrons. The third kappa shape index (κ3) is 5.20. The highest BCUT2D eigenvalue weighted by molar-refractivity contribution is 5.87. The summed E-state index contributed by atoms with van der Waals surface area (Å²) in [6.45, 7) is 0. The maximum absolute atomic E-state index is 12.3. The number of carbonyl (C=O) groups excluding carboxylic acids is 2. The van der Waals surface area contributed by atoms with E-state index < -0.39 is 18.1 Å². The second-order valence-electron chi connectivity index (χ2n) is 5.50. The molecule has 1 aromatic carbocycles. The lowest BCUT2D eigenvalue weighted by molar-refractivity contribution is -0.145. The van der Waals surface area contributed by atoms with E-state index in [0.717, 1.165) is 11.3 Å². The van der Waals surface area contributed by atoms with Gasteiger partial charge in [0.1, 0.15) is 6.04 Å². The van der Waals surface area contributed by atoms with Gasteiger partial charge < -0.3 is 20.8 Å². The van der Waals surface area contributed by atoms with Crippen molar-refractivity contribution in [3.05, 3.63) is 54.1 Å². The summed E-state index contributed by atoms with van der Waals surface area (Å²) in [6.07, 6.45) is 4.56. The van der Waals surface area contributed by atoms with Gasteiger partial charge in [-0.2, -0.15) is 0 Å². The van der Waals surface area contributed by atoms with E-state index in [1.54, 1.807) is 6.20 Å². The minimum Gasteiger partial charge on any atom is -0.467 e. The number of rotatable bonds is 8. The van der Waals surface area contributed by atoms with Crippen LogP contribution in [-0.2, 0) is 27.2 Å². The molecule has 2 aromatic rings. The largest absolute Gasteiger partial charge is 0.467 e. The molecule has 2 atom stereocenters. The highest BCUT2D eigenvalue weighted by Gasteiger charge is 2.25. The third-order valence-electron chi connectivity index (χ3n) is 3.70. The van der Waals surface area contributed by atoms with Crippen molar-refractivity contribution in [3.8, 4) is 0 Å². The molecule has 0 spiro atoms. The Morgan fingerprint density at radius 2 is 2.08 bits per heavy atom. The summed E-state index contributed by atoms with van der Waals surface area (Å²) in [5.41, 5.74) is 7.78. The number of ether oxygens (including phenoxy) is 1. The van der Waals surface area contributed by atoms with Crippen LogP contribution in [0.15, 0.2) is 42.9 Å². The van der Waals surface area contributed by atoms with Crippen molar-refractivity contribution < 1.29 is 14.3 Å². The molecule has 0 fully saturated rings. The van der Waals surface area contributed by atoms with Gasteiger partial charge in [-0.3, -0.25) is 4.79 Å². The molecule has 1 heterocycles. The molecule has 0 aliphatic heterocycles. The Labute approximate surface area is 140 Å². The lowest BCUT2D eigenvalue weighted by Crippen LogP contribution is -2.49. The number of nitrogens with two attached hydrogens (primary N) is 1. The van der Waals surface area contributed by atoms with Crippen molar-refractivity contribution in [2.45, 2.75) is 31.3 Å². The molecule has 7 heteroatoms. The van der Waals surface area contributed by atoms with Crippen LogP contribution in [0.4, 0.5) is 0 Å². The van der Waals surface area contributed by atoms with E-state index in [1.165, 1.54) is 13.4 Å². The SMILES string of the molecule is COC(=O)[C@H](Cc1cnc[nH]1)NC(=O)[C@@H](N)CCc1ccccc1. The van der Waals surface area contributed by atoms with E-state index in [-0.39, 0.29) is 12.3 Å². The van der Waals surface area contributed by atoms with E-state index in [1.807, 2.05) is 30.3 Å². The molecule has 24 heavy (non-hydrogen) atoms. The van der Waals surface area contributed by atoms with Crippen LogP contribution in [0.3, 0.4) is 0 Å². The number of imidazole rings is 1. The van der Waals surface area contributed by atoms with E-state index in [2.05, 4.69) is 15.3 Å². The smallest absolute Gasteiger partial charge is 0.328 e. The second kappa shape index (κ2) is 8.83. The monoisotopic (exact) mass is 330 g/mol. The average molecular weight is 330 g/mol. The Kier molecular flexibility index (Phi) is 6.51. The molecular formula is C17H22N4O3. The Morgan fingerprint density at radius 3 is 2.71 bits per heavy atom. The molecule has 1 amide bonds. The summed E-state index contributed by atoms with van der Waals surface area (Å²) in [6, 6.07) is 8.30. The van der Waals surface area contributed by atoms with E-state index >= 15 is 0 Å². The van der Waals surface area contributed by atoms with Crippen molar-refractivity contribution in [1.29, 1.82) is 0 Å². The van der Waals surface area contributed by atoms with Gasteiger partial charge in [-0.25, -0.2) is 9.78 Å². The van der Waals surface area contributed by atoms with Crippen molar-refractivity contribution in [2.24, 2.45) is 5.73 Å². The highest BCUT2D eigenvalue weighted by Crippen LogP contribution is 2.05. The van der Waals surface area contributed by atoms with Crippen molar-refractivity contribution in [2.75, 3.05) is 7.11 Å². The van der Waals surface area contributed by atoms with Crippen LogP contribution in [-0.4, -0.2) is 41.0 Å². The third-order valence-corrected chi connectivity index (χ3v) is 3.70. The van der Waals surface area contributed by atoms with Crippen molar-refractivity contribution >= 4 is 11.9 Å². The number of H-pyrrole nitrogens is 1. The number of hydrogen-bond acceptors (Lipinski definition) is 5. The van der Waals surface area contributed by atoms with Gasteiger partial charge in [0.2, 0.25) is 5.91 Å². The lowest BCUT2D eigenvalue weighted by atomic mass is 10.0. The number of esters is 1. The fourth-order valence-electron chi connectivity index (χ4n) is 2.33. The first kappa shape index (κ1) is 17.7. The molecule has 0 saturated carbocycles. The first-order valence-electron chi connectivity index (χ1n) is 7.75. The zero-order valence-electron chi connectivity index (χ0n) is 13.6. The van der Waals surface area contributed by atoms with Gasteiger partial charge in [0.25, 0.3) is 0 Å². The number of nitrogens with zero attached hydrogens (tertiary/aromatic N) is 1. The van der Waals surface area contributed by atoms with Crippen LogP contribution >= 0.6 is 0 Å². The topological polar surface area (TPSA) is 110 Å². The standard InChI is InChI=1S/C17H22N4O3/c1-24-17(23)15(9-13-10-19-11-20-13)21-16(22)14(18)8-7-12-5-3-2-4-6-12/h2-6,10-11,14-15H,7-9,18H2,1H3,(H,19,20)(H,21,22)/t14-,15-/m0/s1. The molecule has 7 nitrogen and oxygen atoms in total. The molecule has 0 aliphatic rings. The summed E-state index contributed by atoms with van der Waals surface area (Å²) < 4.78 is 4.74. The van der Waals surface area contributed by atoms with Crippen LogP contribution in [0.25, 0.3) is 0 Å². The van der Waals surface area contributed by atoms with Gasteiger partial charge >= 0.3 is 5.97 Å². The van der Waals surface area contributed by atoms with Crippen LogP contribution in [0.2, 0.25) is 0 Å². The predicted molar refractivity (Wildman–Crippen MR) is 89.0 cm³/mol. The number of benzene rings is 1. The minimum absolute atomic E-state index is 0.268. The van der Waals surface area contributed by atoms with Gasteiger partial charge in [-0.15, -0.1) is 0 Å². The number of aromatic amines is 1. The fourth-order valence-corrected chi connectivity index (χ4v) is 2.33. The number of amides is 1. The van der Waals surface area contributed by atoms with Gasteiger partial charge in [0, 0.05) is 18.3 Å². The van der Waals surface area contributed by atoms with Gasteiger partial charge in [-0.05, 0) is 18.4 Å². The Hall–Kier alpha value is -2.67. The zero-order chi connectivity index (χ0) is 17.4. The van der Waals surface area contributed by atoms with E-state index in [0.29, 0.717) is 12.8 Å².